The van der Waals surface area contributed by atoms with Crippen LogP contribution in [0.2, 0.25) is 0 Å². The molecule has 0 atom stereocenters. The van der Waals surface area contributed by atoms with E-state index in [2.05, 4.69) is 33.0 Å². The Bertz CT molecular complexity index is 334. The SMILES string of the molecule is CC1(C)CCCC(C)(C)N1.O=S=CCCCCC=S=O. The number of nitrogens with one attached hydrogen (secondary N) is 1. The lowest BCUT2D eigenvalue weighted by molar-refractivity contribution is 0.183. The van der Waals surface area contributed by atoms with Crippen LogP contribution >= 0.6 is 0 Å². The molecule has 20 heavy (non-hydrogen) atoms. The van der Waals surface area contributed by atoms with Crippen LogP contribution in [0.4, 0.5) is 0 Å². The van der Waals surface area contributed by atoms with Crippen molar-refractivity contribution in [3.8, 4) is 0 Å². The van der Waals surface area contributed by atoms with Crippen LogP contribution in [-0.2, 0) is 22.5 Å². The Morgan fingerprint density at radius 1 is 0.900 bits per heavy atom. The quantitative estimate of drug-likeness (QED) is 0.626. The summed E-state index contributed by atoms with van der Waals surface area (Å²) in [4.78, 5) is 0. The number of hydrogen-bond donors (Lipinski definition) is 1. The molecule has 0 aromatic carbocycles. The average Bonchev–Trinajstić information content (AvgIpc) is 2.31. The molecule has 1 N–H and O–H groups in total. The van der Waals surface area contributed by atoms with Crippen LogP contribution < -0.4 is 5.32 Å². The van der Waals surface area contributed by atoms with Crippen molar-refractivity contribution in [2.45, 2.75) is 83.7 Å². The maximum Gasteiger partial charge on any atom is 0.0841 e. The summed E-state index contributed by atoms with van der Waals surface area (Å²) in [6, 6.07) is 0. The molecule has 5 heteroatoms. The molecule has 0 aliphatic carbocycles. The second-order valence-corrected chi connectivity index (χ2v) is 7.61. The minimum absolute atomic E-state index is 0.363. The Morgan fingerprint density at radius 3 is 1.55 bits per heavy atom. The molecule has 0 saturated carbocycles. The van der Waals surface area contributed by atoms with E-state index in [4.69, 9.17) is 0 Å². The van der Waals surface area contributed by atoms with Gasteiger partial charge in [-0.15, -0.1) is 0 Å². The molecule has 118 valence electrons. The van der Waals surface area contributed by atoms with Gasteiger partial charge in [-0.1, -0.05) is 0 Å². The first-order valence-electron chi connectivity index (χ1n) is 7.33. The third kappa shape index (κ3) is 11.6. The second-order valence-electron chi connectivity index (χ2n) is 6.56. The first kappa shape index (κ1) is 19.7. The molecule has 0 aromatic rings. The molecule has 0 amide bonds. The molecule has 0 aromatic heterocycles. The fraction of sp³-hybridized carbons (Fsp3) is 0.867. The lowest BCUT2D eigenvalue weighted by atomic mass is 9.83. The smallest absolute Gasteiger partial charge is 0.0841 e. The Labute approximate surface area is 131 Å². The van der Waals surface area contributed by atoms with Gasteiger partial charge in [0.15, 0.2) is 0 Å². The van der Waals surface area contributed by atoms with Gasteiger partial charge >= 0.3 is 0 Å². The molecular formula is C15H29NO2S2. The van der Waals surface area contributed by atoms with Crippen molar-refractivity contribution in [1.82, 2.24) is 5.32 Å². The summed E-state index contributed by atoms with van der Waals surface area (Å²) in [5.41, 5.74) is 0.726. The van der Waals surface area contributed by atoms with E-state index < -0.39 is 0 Å². The van der Waals surface area contributed by atoms with Crippen molar-refractivity contribution >= 4 is 33.2 Å². The van der Waals surface area contributed by atoms with Gasteiger partial charge in [0, 0.05) is 21.8 Å². The van der Waals surface area contributed by atoms with E-state index in [0.717, 1.165) is 25.7 Å². The van der Waals surface area contributed by atoms with Crippen LogP contribution in [0.3, 0.4) is 0 Å². The summed E-state index contributed by atoms with van der Waals surface area (Å²) in [6.07, 6.45) is 7.72. The predicted molar refractivity (Wildman–Crippen MR) is 92.0 cm³/mol. The van der Waals surface area contributed by atoms with Gasteiger partial charge < -0.3 is 5.32 Å². The zero-order valence-corrected chi connectivity index (χ0v) is 14.9. The fourth-order valence-electron chi connectivity index (χ4n) is 2.56. The molecule has 1 fully saturated rings. The van der Waals surface area contributed by atoms with Crippen LogP contribution in [0.25, 0.3) is 0 Å². The Hall–Kier alpha value is -0.260. The first-order chi connectivity index (χ1) is 9.33. The van der Waals surface area contributed by atoms with E-state index in [0.29, 0.717) is 33.6 Å². The Morgan fingerprint density at radius 2 is 1.30 bits per heavy atom. The maximum absolute atomic E-state index is 9.82. The van der Waals surface area contributed by atoms with Gasteiger partial charge in [0.25, 0.3) is 0 Å². The normalized spacial score (nSPS) is 19.2. The summed E-state index contributed by atoms with van der Waals surface area (Å²) in [7, 11) is 0. The molecule has 1 saturated heterocycles. The summed E-state index contributed by atoms with van der Waals surface area (Å²) in [5, 5.41) is 6.92. The van der Waals surface area contributed by atoms with Crippen LogP contribution in [-0.4, -0.2) is 30.2 Å². The third-order valence-electron chi connectivity index (χ3n) is 3.31. The first-order valence-corrected chi connectivity index (χ1v) is 8.94. The van der Waals surface area contributed by atoms with Crippen molar-refractivity contribution < 1.29 is 8.42 Å². The molecule has 1 heterocycles. The number of piperidine rings is 1. The minimum Gasteiger partial charge on any atom is -0.307 e. The van der Waals surface area contributed by atoms with Crippen molar-refractivity contribution in [3.05, 3.63) is 0 Å². The molecular weight excluding hydrogens is 290 g/mol. The molecule has 1 aliphatic rings. The van der Waals surface area contributed by atoms with Gasteiger partial charge in [0.2, 0.25) is 0 Å². The highest BCUT2D eigenvalue weighted by Gasteiger charge is 2.31. The van der Waals surface area contributed by atoms with E-state index in [1.807, 2.05) is 0 Å². The van der Waals surface area contributed by atoms with Gasteiger partial charge in [-0.2, -0.15) is 0 Å². The van der Waals surface area contributed by atoms with Crippen LogP contribution in [0.15, 0.2) is 0 Å². The zero-order valence-electron chi connectivity index (χ0n) is 13.2. The fourth-order valence-corrected chi connectivity index (χ4v) is 3.09. The summed E-state index contributed by atoms with van der Waals surface area (Å²) < 4.78 is 19.6. The topological polar surface area (TPSA) is 46.2 Å². The number of unbranched alkanes of at least 4 members (excludes halogenated alkanes) is 3. The van der Waals surface area contributed by atoms with Gasteiger partial charge in [-0.3, -0.25) is 0 Å². The second kappa shape index (κ2) is 10.5. The largest absolute Gasteiger partial charge is 0.307 e. The highest BCUT2D eigenvalue weighted by Crippen LogP contribution is 2.27. The van der Waals surface area contributed by atoms with E-state index in [1.165, 1.54) is 19.3 Å². The van der Waals surface area contributed by atoms with Gasteiger partial charge in [-0.25, -0.2) is 8.42 Å². The van der Waals surface area contributed by atoms with Crippen LogP contribution in [0, 0.1) is 0 Å². The van der Waals surface area contributed by atoms with Crippen molar-refractivity contribution in [3.63, 3.8) is 0 Å². The van der Waals surface area contributed by atoms with Gasteiger partial charge in [-0.05, 0) is 72.6 Å². The van der Waals surface area contributed by atoms with E-state index in [9.17, 15) is 8.42 Å². The molecule has 1 aliphatic heterocycles. The highest BCUT2D eigenvalue weighted by atomic mass is 32.1. The maximum atomic E-state index is 9.82. The van der Waals surface area contributed by atoms with Crippen molar-refractivity contribution in [1.29, 1.82) is 0 Å². The number of rotatable bonds is 5. The van der Waals surface area contributed by atoms with E-state index in [1.54, 1.807) is 10.7 Å². The predicted octanol–water partition coefficient (Wildman–Crippen LogP) is 2.89. The van der Waals surface area contributed by atoms with Crippen LogP contribution in [0.5, 0.6) is 0 Å². The molecule has 0 bridgehead atoms. The van der Waals surface area contributed by atoms with Crippen LogP contribution in [0.1, 0.15) is 72.6 Å². The van der Waals surface area contributed by atoms with E-state index >= 15 is 0 Å². The van der Waals surface area contributed by atoms with Crippen molar-refractivity contribution in [2.24, 2.45) is 0 Å². The van der Waals surface area contributed by atoms with Gasteiger partial charge in [0.1, 0.15) is 0 Å². The molecule has 0 spiro atoms. The molecule has 0 radical (unpaired) electrons. The van der Waals surface area contributed by atoms with E-state index in [-0.39, 0.29) is 0 Å². The zero-order chi connectivity index (χ0) is 15.5. The highest BCUT2D eigenvalue weighted by molar-refractivity contribution is 7.65. The minimum atomic E-state index is 0.363. The number of hydrogen-bond acceptors (Lipinski definition) is 3. The third-order valence-corrected chi connectivity index (χ3v) is 4.05. The molecule has 3 nitrogen and oxygen atoms in total. The lowest BCUT2D eigenvalue weighted by Gasteiger charge is -2.42. The average molecular weight is 320 g/mol. The summed E-state index contributed by atoms with van der Waals surface area (Å²) in [6.45, 7) is 9.14. The monoisotopic (exact) mass is 319 g/mol. The Kier molecular flexibility index (Phi) is 10.3. The summed E-state index contributed by atoms with van der Waals surface area (Å²) >= 11 is 1.03. The van der Waals surface area contributed by atoms with Crippen molar-refractivity contribution in [2.75, 3.05) is 0 Å². The lowest BCUT2D eigenvalue weighted by Crippen LogP contribution is -2.55. The Balaban J connectivity index is 0.000000361. The van der Waals surface area contributed by atoms with Gasteiger partial charge in [0.05, 0.1) is 22.5 Å². The molecule has 0 unspecified atom stereocenters. The molecule has 1 rings (SSSR count). The standard InChI is InChI=1S/C9H19N.C6H10O2S2/c1-8(2)6-5-7-9(3,4)10-8;7-9-5-3-1-2-4-6-10-8/h10H,5-7H2,1-4H3;5-6H,1-4H2. The summed E-state index contributed by atoms with van der Waals surface area (Å²) in [5.74, 6) is 0.